The van der Waals surface area contributed by atoms with Crippen LogP contribution < -0.4 is 10.6 Å². The van der Waals surface area contributed by atoms with E-state index in [1.807, 2.05) is 30.3 Å². The Labute approximate surface area is 80.6 Å². The van der Waals surface area contributed by atoms with Crippen LogP contribution in [0, 0.1) is 5.92 Å². The molecule has 0 aromatic heterocycles. The number of para-hydroxylation sites is 1. The van der Waals surface area contributed by atoms with Crippen LogP contribution in [0.3, 0.4) is 0 Å². The van der Waals surface area contributed by atoms with Crippen LogP contribution in [-0.4, -0.2) is 11.8 Å². The molecule has 1 aromatic rings. The van der Waals surface area contributed by atoms with Gasteiger partial charge < -0.3 is 0 Å². The quantitative estimate of drug-likeness (QED) is 0.597. The smallest absolute Gasteiger partial charge is 0.254 e. The molecule has 66 valence electrons. The minimum atomic E-state index is -0.253. The number of alkyl halides is 1. The lowest BCUT2D eigenvalue weighted by atomic mass is 10.1. The Morgan fingerprint density at radius 2 is 2.15 bits per heavy atom. The minimum Gasteiger partial charge on any atom is -0.272 e. The van der Waals surface area contributed by atoms with Gasteiger partial charge in [0.15, 0.2) is 0 Å². The minimum absolute atomic E-state index is 0.145. The summed E-state index contributed by atoms with van der Waals surface area (Å²) in [6.45, 7) is 0. The van der Waals surface area contributed by atoms with Crippen LogP contribution >= 0.6 is 11.6 Å². The highest BCUT2D eigenvalue weighted by Gasteiger charge is 2.16. The van der Waals surface area contributed by atoms with E-state index in [-0.39, 0.29) is 11.8 Å². The van der Waals surface area contributed by atoms with Crippen molar-refractivity contribution in [3.63, 3.8) is 0 Å². The van der Waals surface area contributed by atoms with Crippen molar-refractivity contribution in [3.8, 4) is 0 Å². The van der Waals surface area contributed by atoms with Gasteiger partial charge in [-0.15, -0.1) is 11.6 Å². The van der Waals surface area contributed by atoms with E-state index in [1.165, 1.54) is 0 Å². The molecule has 1 aliphatic heterocycles. The molecule has 0 saturated heterocycles. The predicted molar refractivity (Wildman–Crippen MR) is 50.9 cm³/mol. The van der Waals surface area contributed by atoms with E-state index in [1.54, 1.807) is 0 Å². The Hall–Kier alpha value is -1.15. The summed E-state index contributed by atoms with van der Waals surface area (Å²) in [6.07, 6.45) is 1.87. The summed E-state index contributed by atoms with van der Waals surface area (Å²) in [4.78, 5) is 15.2. The van der Waals surface area contributed by atoms with E-state index in [4.69, 9.17) is 11.6 Å². The molecular formula is C10H8ClNO. The van der Waals surface area contributed by atoms with Gasteiger partial charge in [-0.2, -0.15) is 0 Å². The van der Waals surface area contributed by atoms with Crippen molar-refractivity contribution >= 4 is 23.6 Å². The van der Waals surface area contributed by atoms with Crippen LogP contribution in [0.2, 0.25) is 0 Å². The summed E-state index contributed by atoms with van der Waals surface area (Å²) in [7, 11) is 0. The Balaban J connectivity index is 2.66. The summed E-state index contributed by atoms with van der Waals surface area (Å²) in [5.41, 5.74) is 0. The molecule has 0 radical (unpaired) electrons. The van der Waals surface area contributed by atoms with Crippen molar-refractivity contribution in [1.82, 2.24) is 0 Å². The highest BCUT2D eigenvalue weighted by atomic mass is 35.5. The fraction of sp³-hybridized carbons (Fsp3) is 0.200. The van der Waals surface area contributed by atoms with Crippen LogP contribution in [0.1, 0.15) is 0 Å². The maximum atomic E-state index is 11.3. The topological polar surface area (TPSA) is 29.4 Å². The van der Waals surface area contributed by atoms with Crippen molar-refractivity contribution in [2.75, 3.05) is 5.88 Å². The summed E-state index contributed by atoms with van der Waals surface area (Å²) in [5.74, 6) is -0.0957. The van der Waals surface area contributed by atoms with E-state index >= 15 is 0 Å². The zero-order chi connectivity index (χ0) is 9.26. The van der Waals surface area contributed by atoms with Gasteiger partial charge in [0, 0.05) is 5.88 Å². The van der Waals surface area contributed by atoms with Crippen molar-refractivity contribution < 1.29 is 4.79 Å². The van der Waals surface area contributed by atoms with Crippen LogP contribution in [0.5, 0.6) is 0 Å². The second kappa shape index (κ2) is 3.30. The molecule has 0 spiro atoms. The molecular weight excluding hydrogens is 186 g/mol. The van der Waals surface area contributed by atoms with Crippen LogP contribution in [0.4, 0.5) is 0 Å². The Bertz CT molecular complexity index is 452. The molecule has 1 amide bonds. The highest BCUT2D eigenvalue weighted by Crippen LogP contribution is 2.05. The summed E-state index contributed by atoms with van der Waals surface area (Å²) < 4.78 is 0. The van der Waals surface area contributed by atoms with Crippen molar-refractivity contribution in [2.24, 2.45) is 10.9 Å². The first-order valence-corrected chi connectivity index (χ1v) is 4.60. The maximum absolute atomic E-state index is 11.3. The number of halogens is 1. The average molecular weight is 194 g/mol. The Morgan fingerprint density at radius 3 is 2.92 bits per heavy atom. The van der Waals surface area contributed by atoms with Gasteiger partial charge in [0.2, 0.25) is 0 Å². The molecule has 1 aromatic carbocycles. The fourth-order valence-corrected chi connectivity index (χ4v) is 1.55. The summed E-state index contributed by atoms with van der Waals surface area (Å²) >= 11 is 5.63. The molecule has 0 aliphatic carbocycles. The number of hydrogen-bond donors (Lipinski definition) is 0. The molecule has 13 heavy (non-hydrogen) atoms. The molecule has 0 bridgehead atoms. The molecule has 0 saturated carbocycles. The third-order valence-electron chi connectivity index (χ3n) is 2.03. The molecule has 0 fully saturated rings. The first-order valence-electron chi connectivity index (χ1n) is 4.06. The van der Waals surface area contributed by atoms with E-state index in [9.17, 15) is 4.79 Å². The molecule has 2 rings (SSSR count). The number of hydrogen-bond acceptors (Lipinski definition) is 1. The molecule has 1 aliphatic rings. The Morgan fingerprint density at radius 1 is 1.38 bits per heavy atom. The molecule has 1 atom stereocenters. The van der Waals surface area contributed by atoms with Crippen LogP contribution in [-0.2, 0) is 4.79 Å². The van der Waals surface area contributed by atoms with Crippen molar-refractivity contribution in [3.05, 3.63) is 34.8 Å². The lowest BCUT2D eigenvalue weighted by molar-refractivity contribution is -0.119. The predicted octanol–water partition coefficient (Wildman–Crippen LogP) is 0.482. The lowest BCUT2D eigenvalue weighted by Crippen LogP contribution is -2.33. The lowest BCUT2D eigenvalue weighted by Gasteiger charge is -2.07. The van der Waals surface area contributed by atoms with E-state index < -0.39 is 0 Å². The van der Waals surface area contributed by atoms with Crippen molar-refractivity contribution in [2.45, 2.75) is 0 Å². The standard InChI is InChI=1S/C10H8ClNO/c11-6-8-5-7-3-1-2-4-9(7)12-10(8)13/h1-5,8H,6H2. The second-order valence-electron chi connectivity index (χ2n) is 2.94. The zero-order valence-electron chi connectivity index (χ0n) is 6.90. The van der Waals surface area contributed by atoms with Gasteiger partial charge in [0.05, 0.1) is 11.3 Å². The fourth-order valence-electron chi connectivity index (χ4n) is 1.33. The van der Waals surface area contributed by atoms with Gasteiger partial charge in [-0.05, 0) is 11.3 Å². The molecule has 2 nitrogen and oxygen atoms in total. The third kappa shape index (κ3) is 1.49. The zero-order valence-corrected chi connectivity index (χ0v) is 7.66. The SMILES string of the molecule is O=C1N=c2ccccc2=CC1CCl. The van der Waals surface area contributed by atoms with Gasteiger partial charge in [0.25, 0.3) is 5.91 Å². The Kier molecular flexibility index (Phi) is 2.15. The molecule has 3 heteroatoms. The summed E-state index contributed by atoms with van der Waals surface area (Å²) in [5, 5.41) is 1.74. The monoisotopic (exact) mass is 193 g/mol. The number of rotatable bonds is 1. The van der Waals surface area contributed by atoms with Gasteiger partial charge in [0.1, 0.15) is 0 Å². The summed E-state index contributed by atoms with van der Waals surface area (Å²) in [6, 6.07) is 7.55. The number of carbonyl (C=O) groups is 1. The van der Waals surface area contributed by atoms with E-state index in [0.29, 0.717) is 5.88 Å². The van der Waals surface area contributed by atoms with Crippen molar-refractivity contribution in [1.29, 1.82) is 0 Å². The molecule has 1 heterocycles. The number of fused-ring (bicyclic) bond motifs is 1. The first-order chi connectivity index (χ1) is 6.31. The number of nitrogens with zero attached hydrogens (tertiary/aromatic N) is 1. The second-order valence-corrected chi connectivity index (χ2v) is 3.24. The van der Waals surface area contributed by atoms with Crippen LogP contribution in [0.25, 0.3) is 6.08 Å². The van der Waals surface area contributed by atoms with E-state index in [2.05, 4.69) is 4.99 Å². The van der Waals surface area contributed by atoms with Gasteiger partial charge in [-0.25, -0.2) is 4.99 Å². The average Bonchev–Trinajstić information content (AvgIpc) is 2.17. The number of benzene rings is 1. The highest BCUT2D eigenvalue weighted by molar-refractivity contribution is 6.20. The third-order valence-corrected chi connectivity index (χ3v) is 2.36. The molecule has 1 unspecified atom stereocenters. The largest absolute Gasteiger partial charge is 0.272 e. The van der Waals surface area contributed by atoms with Crippen LogP contribution in [0.15, 0.2) is 29.3 Å². The number of amides is 1. The van der Waals surface area contributed by atoms with Gasteiger partial charge >= 0.3 is 0 Å². The van der Waals surface area contributed by atoms with Gasteiger partial charge in [-0.3, -0.25) is 4.79 Å². The van der Waals surface area contributed by atoms with E-state index in [0.717, 1.165) is 10.6 Å². The maximum Gasteiger partial charge on any atom is 0.254 e. The normalized spacial score (nSPS) is 20.1. The molecule has 0 N–H and O–H groups in total. The van der Waals surface area contributed by atoms with Gasteiger partial charge in [-0.1, -0.05) is 24.3 Å². The first kappa shape index (κ1) is 8.45. The number of carbonyl (C=O) groups excluding carboxylic acids is 1.